The number of aliphatic carboxylic acids is 1. The van der Waals surface area contributed by atoms with E-state index in [1.165, 1.54) is 5.56 Å². The fourth-order valence-electron chi connectivity index (χ4n) is 4.49. The van der Waals surface area contributed by atoms with E-state index < -0.39 is 11.5 Å². The molecule has 1 saturated heterocycles. The van der Waals surface area contributed by atoms with Gasteiger partial charge >= 0.3 is 5.97 Å². The Hall–Kier alpha value is -2.57. The molecule has 0 bridgehead atoms. The zero-order chi connectivity index (χ0) is 22.9. The Kier molecular flexibility index (Phi) is 6.45. The Morgan fingerprint density at radius 3 is 2.47 bits per heavy atom. The van der Waals surface area contributed by atoms with Crippen LogP contribution in [-0.4, -0.2) is 43.0 Å². The number of hydrogen-bond acceptors (Lipinski definition) is 5. The number of anilines is 1. The predicted molar refractivity (Wildman–Crippen MR) is 124 cm³/mol. The Morgan fingerprint density at radius 1 is 1.12 bits per heavy atom. The van der Waals surface area contributed by atoms with Crippen LogP contribution in [0.25, 0.3) is 11.1 Å². The lowest BCUT2D eigenvalue weighted by molar-refractivity contribution is -0.145. The molecule has 0 radical (unpaired) electrons. The second-order valence-corrected chi connectivity index (χ2v) is 9.03. The molecular weight excluding hydrogens is 406 g/mol. The molecule has 0 amide bonds. The first-order chi connectivity index (χ1) is 15.3. The van der Waals surface area contributed by atoms with Gasteiger partial charge in [0.1, 0.15) is 11.3 Å². The average molecular weight is 440 g/mol. The lowest BCUT2D eigenvalue weighted by atomic mass is 9.88. The van der Waals surface area contributed by atoms with Crippen molar-refractivity contribution in [3.05, 3.63) is 46.5 Å². The van der Waals surface area contributed by atoms with E-state index in [4.69, 9.17) is 14.2 Å². The van der Waals surface area contributed by atoms with Crippen LogP contribution in [0.2, 0.25) is 0 Å². The minimum Gasteiger partial charge on any atom is -0.496 e. The molecule has 1 saturated carbocycles. The normalized spacial score (nSPS) is 17.8. The molecule has 172 valence electrons. The first kappa shape index (κ1) is 22.6. The topological polar surface area (TPSA) is 77.0 Å². The van der Waals surface area contributed by atoms with Crippen molar-refractivity contribution < 1.29 is 24.1 Å². The maximum atomic E-state index is 12.1. The molecule has 0 unspecified atom stereocenters. The van der Waals surface area contributed by atoms with E-state index >= 15 is 0 Å². The van der Waals surface area contributed by atoms with Gasteiger partial charge in [0.05, 0.1) is 19.8 Å². The van der Waals surface area contributed by atoms with Crippen LogP contribution in [0.5, 0.6) is 5.75 Å². The molecule has 32 heavy (non-hydrogen) atoms. The van der Waals surface area contributed by atoms with Crippen molar-refractivity contribution in [1.82, 2.24) is 0 Å². The first-order valence-corrected chi connectivity index (χ1v) is 11.3. The maximum Gasteiger partial charge on any atom is 0.329 e. The summed E-state index contributed by atoms with van der Waals surface area (Å²) in [6.45, 7) is 7.63. The number of ether oxygens (including phenoxy) is 3. The summed E-state index contributed by atoms with van der Waals surface area (Å²) in [7, 11) is 1.71. The molecule has 1 aliphatic heterocycles. The second kappa shape index (κ2) is 9.12. The standard InChI is InChI=1S/C26H33NO5/c1-16-13-23(18(3)24(30-4)17(16)2)22-8-5-20(14-19(22)15-32-21-6-7-21)27-26(25(28)29)9-11-31-12-10-26/h5,8,13-14,21,27H,6-7,9-12,15H2,1-4H3,(H,28,29). The minimum absolute atomic E-state index is 0.329. The molecule has 6 heteroatoms. The largest absolute Gasteiger partial charge is 0.496 e. The van der Waals surface area contributed by atoms with Gasteiger partial charge in [-0.15, -0.1) is 0 Å². The number of benzene rings is 2. The lowest BCUT2D eigenvalue weighted by Crippen LogP contribution is -2.50. The Bertz CT molecular complexity index is 1010. The van der Waals surface area contributed by atoms with Crippen molar-refractivity contribution in [3.8, 4) is 16.9 Å². The minimum atomic E-state index is -1.01. The zero-order valence-corrected chi connectivity index (χ0v) is 19.4. The van der Waals surface area contributed by atoms with Crippen LogP contribution in [0.15, 0.2) is 24.3 Å². The van der Waals surface area contributed by atoms with Gasteiger partial charge in [0, 0.05) is 31.7 Å². The number of aryl methyl sites for hydroxylation is 1. The molecule has 1 aliphatic carbocycles. The van der Waals surface area contributed by atoms with Crippen LogP contribution in [0.1, 0.15) is 47.9 Å². The van der Waals surface area contributed by atoms with Crippen LogP contribution in [0.4, 0.5) is 5.69 Å². The van der Waals surface area contributed by atoms with Gasteiger partial charge in [0.15, 0.2) is 0 Å². The smallest absolute Gasteiger partial charge is 0.329 e. The number of methoxy groups -OCH3 is 1. The van der Waals surface area contributed by atoms with Crippen molar-refractivity contribution >= 4 is 11.7 Å². The number of hydrogen-bond donors (Lipinski definition) is 2. The summed E-state index contributed by atoms with van der Waals surface area (Å²) in [6.07, 6.45) is 3.41. The third kappa shape index (κ3) is 4.48. The van der Waals surface area contributed by atoms with Crippen LogP contribution in [0.3, 0.4) is 0 Å². The van der Waals surface area contributed by atoms with Gasteiger partial charge in [-0.2, -0.15) is 0 Å². The molecular formula is C26H33NO5. The quantitative estimate of drug-likeness (QED) is 0.602. The molecule has 2 aromatic carbocycles. The molecule has 1 heterocycles. The van der Waals surface area contributed by atoms with Crippen LogP contribution >= 0.6 is 0 Å². The predicted octanol–water partition coefficient (Wildman–Crippen LogP) is 5.01. The SMILES string of the molecule is COc1c(C)c(C)cc(-c2ccc(NC3(C(=O)O)CCOCC3)cc2COC2CC2)c1C. The summed E-state index contributed by atoms with van der Waals surface area (Å²) in [6, 6.07) is 8.28. The molecule has 0 atom stereocenters. The van der Waals surface area contributed by atoms with E-state index in [0.29, 0.717) is 38.8 Å². The molecule has 0 aromatic heterocycles. The molecule has 2 aromatic rings. The van der Waals surface area contributed by atoms with Crippen LogP contribution < -0.4 is 10.1 Å². The average Bonchev–Trinajstić information content (AvgIpc) is 3.61. The Morgan fingerprint density at radius 2 is 1.84 bits per heavy atom. The Balaban J connectivity index is 1.74. The van der Waals surface area contributed by atoms with Crippen LogP contribution in [-0.2, 0) is 20.9 Å². The van der Waals surface area contributed by atoms with E-state index in [1.807, 2.05) is 12.1 Å². The lowest BCUT2D eigenvalue weighted by Gasteiger charge is -2.35. The van der Waals surface area contributed by atoms with Gasteiger partial charge in [-0.1, -0.05) is 12.1 Å². The third-order valence-electron chi connectivity index (χ3n) is 6.78. The second-order valence-electron chi connectivity index (χ2n) is 9.03. The fourth-order valence-corrected chi connectivity index (χ4v) is 4.49. The fraction of sp³-hybridized carbons (Fsp3) is 0.500. The summed E-state index contributed by atoms with van der Waals surface area (Å²) in [5.74, 6) is 0.0682. The van der Waals surface area contributed by atoms with Crippen molar-refractivity contribution in [2.24, 2.45) is 0 Å². The van der Waals surface area contributed by atoms with Gasteiger partial charge in [-0.3, -0.25) is 0 Å². The summed E-state index contributed by atoms with van der Waals surface area (Å²) in [5, 5.41) is 13.2. The summed E-state index contributed by atoms with van der Waals surface area (Å²) < 4.78 is 17.2. The monoisotopic (exact) mass is 439 g/mol. The zero-order valence-electron chi connectivity index (χ0n) is 19.4. The number of rotatable bonds is 8. The number of carboxylic acids is 1. The Labute approximate surface area is 189 Å². The summed E-state index contributed by atoms with van der Waals surface area (Å²) >= 11 is 0. The van der Waals surface area contributed by atoms with E-state index in [0.717, 1.165) is 52.1 Å². The highest BCUT2D eigenvalue weighted by atomic mass is 16.5. The molecule has 2 N–H and O–H groups in total. The van der Waals surface area contributed by atoms with E-state index in [9.17, 15) is 9.90 Å². The van der Waals surface area contributed by atoms with Crippen LogP contribution in [0, 0.1) is 20.8 Å². The molecule has 4 rings (SSSR count). The van der Waals surface area contributed by atoms with Gasteiger partial charge < -0.3 is 24.6 Å². The van der Waals surface area contributed by atoms with Crippen molar-refractivity contribution in [3.63, 3.8) is 0 Å². The van der Waals surface area contributed by atoms with E-state index in [1.54, 1.807) is 7.11 Å². The van der Waals surface area contributed by atoms with Crippen molar-refractivity contribution in [1.29, 1.82) is 0 Å². The highest BCUT2D eigenvalue weighted by Crippen LogP contribution is 2.39. The first-order valence-electron chi connectivity index (χ1n) is 11.3. The maximum absolute atomic E-state index is 12.1. The molecule has 0 spiro atoms. The number of carboxylic acid groups (broad SMARTS) is 1. The summed E-state index contributed by atoms with van der Waals surface area (Å²) in [5.41, 5.74) is 6.45. The highest BCUT2D eigenvalue weighted by molar-refractivity contribution is 5.84. The van der Waals surface area contributed by atoms with Gasteiger partial charge in [-0.05, 0) is 79.1 Å². The third-order valence-corrected chi connectivity index (χ3v) is 6.78. The number of carbonyl (C=O) groups is 1. The molecule has 2 fully saturated rings. The van der Waals surface area contributed by atoms with E-state index in [2.05, 4.69) is 38.2 Å². The van der Waals surface area contributed by atoms with Gasteiger partial charge in [0.25, 0.3) is 0 Å². The van der Waals surface area contributed by atoms with Crippen molar-refractivity contribution in [2.75, 3.05) is 25.6 Å². The highest BCUT2D eigenvalue weighted by Gasteiger charge is 2.40. The molecule has 2 aliphatic rings. The van der Waals surface area contributed by atoms with E-state index in [-0.39, 0.29) is 0 Å². The molecule has 6 nitrogen and oxygen atoms in total. The summed E-state index contributed by atoms with van der Waals surface area (Å²) in [4.78, 5) is 12.1. The van der Waals surface area contributed by atoms with Gasteiger partial charge in [-0.25, -0.2) is 4.79 Å². The van der Waals surface area contributed by atoms with Gasteiger partial charge in [0.2, 0.25) is 0 Å². The number of nitrogens with one attached hydrogen (secondary N) is 1. The van der Waals surface area contributed by atoms with Crippen molar-refractivity contribution in [2.45, 2.75) is 64.7 Å².